The Morgan fingerprint density at radius 3 is 2.46 bits per heavy atom. The summed E-state index contributed by atoms with van der Waals surface area (Å²) in [5, 5.41) is 35.4. The number of fused-ring (bicyclic) bond motifs is 1. The van der Waals surface area contributed by atoms with Crippen molar-refractivity contribution in [2.75, 3.05) is 13.1 Å². The largest absolute Gasteiger partial charge is 0.618 e. The number of nitrogens with two attached hydrogens (primary N) is 1. The van der Waals surface area contributed by atoms with Crippen molar-refractivity contribution in [3.05, 3.63) is 83.2 Å². The molecule has 0 spiro atoms. The highest BCUT2D eigenvalue weighted by Crippen LogP contribution is 2.12. The highest BCUT2D eigenvalue weighted by molar-refractivity contribution is 5.97. The molecule has 0 aliphatic carbocycles. The number of carbonyl (C=O) groups excluding carboxylic acids is 4. The van der Waals surface area contributed by atoms with Gasteiger partial charge in [-0.1, -0.05) is 42.5 Å². The van der Waals surface area contributed by atoms with Crippen LogP contribution in [-0.2, 0) is 20.8 Å². The van der Waals surface area contributed by atoms with Crippen molar-refractivity contribution >= 4 is 34.5 Å². The van der Waals surface area contributed by atoms with E-state index in [4.69, 9.17) is 5.73 Å². The molecule has 1 fully saturated rings. The minimum atomic E-state index is -1.42. The van der Waals surface area contributed by atoms with E-state index in [1.54, 1.807) is 30.3 Å². The van der Waals surface area contributed by atoms with Crippen LogP contribution in [0.1, 0.15) is 35.3 Å². The summed E-state index contributed by atoms with van der Waals surface area (Å²) in [7, 11) is 0. The average molecular weight is 563 g/mol. The molecule has 0 bridgehead atoms. The molecule has 1 aromatic heterocycles. The molecule has 4 rings (SSSR count). The van der Waals surface area contributed by atoms with Gasteiger partial charge in [0.1, 0.15) is 6.04 Å². The maximum Gasteiger partial charge on any atom is 0.318 e. The van der Waals surface area contributed by atoms with Crippen LogP contribution >= 0.6 is 0 Å². The molecule has 4 atom stereocenters. The second kappa shape index (κ2) is 13.7. The van der Waals surface area contributed by atoms with Crippen LogP contribution in [0, 0.1) is 5.21 Å². The van der Waals surface area contributed by atoms with E-state index in [0.717, 1.165) is 18.5 Å². The van der Waals surface area contributed by atoms with Crippen molar-refractivity contribution in [1.82, 2.24) is 21.3 Å². The zero-order valence-corrected chi connectivity index (χ0v) is 22.4. The van der Waals surface area contributed by atoms with Crippen molar-refractivity contribution in [2.24, 2.45) is 5.73 Å². The summed E-state index contributed by atoms with van der Waals surface area (Å²) in [5.74, 6) is -2.75. The van der Waals surface area contributed by atoms with Gasteiger partial charge in [-0.3, -0.25) is 19.2 Å². The fraction of sp³-hybridized carbons (Fsp3) is 0.345. The Hall–Kier alpha value is -4.55. The number of rotatable bonds is 12. The van der Waals surface area contributed by atoms with Crippen LogP contribution in [0.2, 0.25) is 0 Å². The van der Waals surface area contributed by atoms with E-state index in [-0.39, 0.29) is 36.1 Å². The second-order valence-electron chi connectivity index (χ2n) is 10.0. The predicted octanol–water partition coefficient (Wildman–Crippen LogP) is -0.596. The van der Waals surface area contributed by atoms with E-state index in [1.807, 2.05) is 30.3 Å². The summed E-state index contributed by atoms with van der Waals surface area (Å²) in [5.41, 5.74) is 6.16. The first-order valence-electron chi connectivity index (χ1n) is 13.5. The molecule has 41 heavy (non-hydrogen) atoms. The Labute approximate surface area is 236 Å². The van der Waals surface area contributed by atoms with Crippen molar-refractivity contribution < 1.29 is 29.0 Å². The number of pyridine rings is 1. The van der Waals surface area contributed by atoms with Crippen LogP contribution in [0.4, 0.5) is 0 Å². The second-order valence-corrected chi connectivity index (χ2v) is 10.0. The van der Waals surface area contributed by atoms with Crippen LogP contribution in [0.25, 0.3) is 10.9 Å². The fourth-order valence-electron chi connectivity index (χ4n) is 4.80. The standard InChI is InChI=1S/C29H34N6O6/c30-26(37)16-22(34-29(40)24-13-12-19-9-4-5-11-23(19)35(24)41)28(39)33-21(15-18-7-2-1-3-8-18)25(36)17-32-27(38)20-10-6-14-31-20/h1-5,7-9,11-13,20-22,25,31,36H,6,10,14-17H2,(H2,30,37)(H,32,38)(H,33,39)(H,34,40)/t20-,21-,22-,25+/m0/s1. The third-order valence-electron chi connectivity index (χ3n) is 7.01. The summed E-state index contributed by atoms with van der Waals surface area (Å²) in [4.78, 5) is 50.7. The number of nitrogens with one attached hydrogen (secondary N) is 4. The average Bonchev–Trinajstić information content (AvgIpc) is 3.51. The number of hydrogen-bond donors (Lipinski definition) is 6. The minimum Gasteiger partial charge on any atom is -0.618 e. The SMILES string of the molecule is NC(=O)C[C@H](NC(=O)c1ccc2ccccc2[n+]1[O-])C(=O)N[C@@H](Cc1ccccc1)[C@H](O)CNC(=O)[C@@H]1CCCN1. The number of amides is 4. The van der Waals surface area contributed by atoms with Crippen molar-refractivity contribution in [3.8, 4) is 0 Å². The lowest BCUT2D eigenvalue weighted by atomic mass is 10.00. The lowest BCUT2D eigenvalue weighted by molar-refractivity contribution is -0.579. The summed E-state index contributed by atoms with van der Waals surface area (Å²) >= 11 is 0. The molecule has 4 amide bonds. The van der Waals surface area contributed by atoms with Gasteiger partial charge in [-0.05, 0) is 43.5 Å². The predicted molar refractivity (Wildman–Crippen MR) is 150 cm³/mol. The fourth-order valence-corrected chi connectivity index (χ4v) is 4.80. The molecule has 1 saturated heterocycles. The van der Waals surface area contributed by atoms with Gasteiger partial charge in [0.15, 0.2) is 0 Å². The molecule has 0 saturated carbocycles. The van der Waals surface area contributed by atoms with E-state index in [2.05, 4.69) is 21.3 Å². The first-order valence-corrected chi connectivity index (χ1v) is 13.5. The summed E-state index contributed by atoms with van der Waals surface area (Å²) < 4.78 is 0.452. The summed E-state index contributed by atoms with van der Waals surface area (Å²) in [6, 6.07) is 16.1. The smallest absolute Gasteiger partial charge is 0.318 e. The van der Waals surface area contributed by atoms with Gasteiger partial charge in [-0.2, -0.15) is 4.73 Å². The zero-order chi connectivity index (χ0) is 29.4. The number of aliphatic hydroxyl groups is 1. The quantitative estimate of drug-likeness (QED) is 0.125. The van der Waals surface area contributed by atoms with Crippen molar-refractivity contribution in [2.45, 2.75) is 49.9 Å². The molecule has 1 aliphatic rings. The van der Waals surface area contributed by atoms with E-state index in [1.165, 1.54) is 6.07 Å². The lowest BCUT2D eigenvalue weighted by Gasteiger charge is -2.27. The summed E-state index contributed by atoms with van der Waals surface area (Å²) in [6.45, 7) is 0.612. The van der Waals surface area contributed by atoms with Crippen LogP contribution in [0.5, 0.6) is 0 Å². The number of carbonyl (C=O) groups is 4. The zero-order valence-electron chi connectivity index (χ0n) is 22.4. The monoisotopic (exact) mass is 562 g/mol. The Bertz CT molecular complexity index is 1400. The molecule has 1 aliphatic heterocycles. The maximum atomic E-state index is 13.4. The molecule has 12 heteroatoms. The Kier molecular flexibility index (Phi) is 9.82. The van der Waals surface area contributed by atoms with Gasteiger partial charge in [-0.25, -0.2) is 0 Å². The molecule has 7 N–H and O–H groups in total. The number of primary amides is 1. The number of para-hydroxylation sites is 1. The highest BCUT2D eigenvalue weighted by Gasteiger charge is 2.31. The van der Waals surface area contributed by atoms with Gasteiger partial charge in [0, 0.05) is 24.1 Å². The number of aromatic nitrogens is 1. The normalized spacial score (nSPS) is 16.9. The highest BCUT2D eigenvalue weighted by atomic mass is 16.5. The van der Waals surface area contributed by atoms with Crippen LogP contribution in [0.15, 0.2) is 66.7 Å². The number of hydrogen-bond acceptors (Lipinski definition) is 7. The van der Waals surface area contributed by atoms with E-state index in [9.17, 15) is 29.5 Å². The Morgan fingerprint density at radius 2 is 1.76 bits per heavy atom. The van der Waals surface area contributed by atoms with Gasteiger partial charge in [0.05, 0.1) is 24.6 Å². The molecule has 2 heterocycles. The number of nitrogens with zero attached hydrogens (tertiary/aromatic N) is 1. The van der Waals surface area contributed by atoms with Crippen LogP contribution in [0.3, 0.4) is 0 Å². The van der Waals surface area contributed by atoms with E-state index in [0.29, 0.717) is 16.5 Å². The third kappa shape index (κ3) is 7.77. The van der Waals surface area contributed by atoms with Gasteiger partial charge in [0.25, 0.3) is 5.69 Å². The molecular formula is C29H34N6O6. The van der Waals surface area contributed by atoms with Gasteiger partial charge in [-0.15, -0.1) is 0 Å². The molecule has 3 aromatic rings. The topological polar surface area (TPSA) is 190 Å². The molecule has 216 valence electrons. The van der Waals surface area contributed by atoms with Crippen LogP contribution in [-0.4, -0.2) is 66.1 Å². The van der Waals surface area contributed by atoms with E-state index >= 15 is 0 Å². The van der Waals surface area contributed by atoms with Gasteiger partial charge >= 0.3 is 5.91 Å². The van der Waals surface area contributed by atoms with Crippen LogP contribution < -0.4 is 31.7 Å². The third-order valence-corrected chi connectivity index (χ3v) is 7.01. The van der Waals surface area contributed by atoms with Crippen molar-refractivity contribution in [3.63, 3.8) is 0 Å². The molecule has 0 unspecified atom stereocenters. The molecular weight excluding hydrogens is 528 g/mol. The molecule has 12 nitrogen and oxygen atoms in total. The lowest BCUT2D eigenvalue weighted by Crippen LogP contribution is -2.57. The van der Waals surface area contributed by atoms with Gasteiger partial charge in [0.2, 0.25) is 23.2 Å². The molecule has 2 aromatic carbocycles. The maximum absolute atomic E-state index is 13.4. The Morgan fingerprint density at radius 1 is 1.02 bits per heavy atom. The van der Waals surface area contributed by atoms with Crippen molar-refractivity contribution in [1.29, 1.82) is 0 Å². The first-order chi connectivity index (χ1) is 19.7. The Balaban J connectivity index is 1.49. The molecule has 0 radical (unpaired) electrons. The number of aliphatic hydroxyl groups excluding tert-OH is 1. The first kappa shape index (κ1) is 29.4. The minimum absolute atomic E-state index is 0.130. The van der Waals surface area contributed by atoms with Gasteiger partial charge < -0.3 is 37.3 Å². The summed E-state index contributed by atoms with van der Waals surface area (Å²) in [6.07, 6.45) is 0.0435. The van der Waals surface area contributed by atoms with E-state index < -0.39 is 42.3 Å². The number of benzene rings is 2.